The van der Waals surface area contributed by atoms with E-state index in [1.54, 1.807) is 6.92 Å². The molecule has 3 nitrogen and oxygen atoms in total. The molecule has 2 aromatic rings. The van der Waals surface area contributed by atoms with Crippen LogP contribution in [0.4, 0.5) is 0 Å². The fourth-order valence-electron chi connectivity index (χ4n) is 1.78. The van der Waals surface area contributed by atoms with Crippen molar-refractivity contribution in [3.05, 3.63) is 35.0 Å². The molecule has 98 valence electrons. The first-order chi connectivity index (χ1) is 8.40. The maximum Gasteiger partial charge on any atom is 0.0688 e. The molecule has 0 saturated heterocycles. The van der Waals surface area contributed by atoms with Crippen LogP contribution in [0.2, 0.25) is 5.02 Å². The van der Waals surface area contributed by atoms with Crippen molar-refractivity contribution >= 4 is 22.5 Å². The molecule has 0 saturated carbocycles. The quantitative estimate of drug-likeness (QED) is 0.797. The molecule has 1 aromatic carbocycles. The summed E-state index contributed by atoms with van der Waals surface area (Å²) in [7, 11) is 0. The Hall–Kier alpha value is -1.03. The Bertz CT molecular complexity index is 546. The Morgan fingerprint density at radius 2 is 2.17 bits per heavy atom. The Morgan fingerprint density at radius 3 is 2.83 bits per heavy atom. The lowest BCUT2D eigenvalue weighted by molar-refractivity contribution is 0.0957. The summed E-state index contributed by atoms with van der Waals surface area (Å²) in [5.41, 5.74) is 1.90. The number of hydrogen-bond donors (Lipinski definition) is 3. The summed E-state index contributed by atoms with van der Waals surface area (Å²) in [5, 5.41) is 14.9. The standard InChI is InChI=1S/C14H19ClN2O/c1-9(18)14(2,3)17-8-10-7-16-13-6-11(15)4-5-12(10)13/h4-7,9,16-18H,8H2,1-3H3. The second-order valence-corrected chi connectivity index (χ2v) is 5.69. The van der Waals surface area contributed by atoms with Crippen LogP contribution in [0.15, 0.2) is 24.4 Å². The highest BCUT2D eigenvalue weighted by atomic mass is 35.5. The predicted molar refractivity (Wildman–Crippen MR) is 75.9 cm³/mol. The van der Waals surface area contributed by atoms with Gasteiger partial charge in [0.15, 0.2) is 0 Å². The first kappa shape index (κ1) is 13.4. The molecular formula is C14H19ClN2O. The average molecular weight is 267 g/mol. The van der Waals surface area contributed by atoms with Gasteiger partial charge < -0.3 is 15.4 Å². The van der Waals surface area contributed by atoms with Gasteiger partial charge in [0.25, 0.3) is 0 Å². The number of fused-ring (bicyclic) bond motifs is 1. The van der Waals surface area contributed by atoms with Crippen molar-refractivity contribution in [2.24, 2.45) is 0 Å². The Kier molecular flexibility index (Phi) is 3.66. The van der Waals surface area contributed by atoms with Crippen LogP contribution in [0.25, 0.3) is 10.9 Å². The highest BCUT2D eigenvalue weighted by molar-refractivity contribution is 6.31. The van der Waals surface area contributed by atoms with Crippen LogP contribution in [-0.2, 0) is 6.54 Å². The second kappa shape index (κ2) is 4.92. The summed E-state index contributed by atoms with van der Waals surface area (Å²) in [6.07, 6.45) is 1.57. The van der Waals surface area contributed by atoms with Gasteiger partial charge in [0.1, 0.15) is 0 Å². The number of aliphatic hydroxyl groups excluding tert-OH is 1. The van der Waals surface area contributed by atoms with Gasteiger partial charge in [0.2, 0.25) is 0 Å². The van der Waals surface area contributed by atoms with Gasteiger partial charge >= 0.3 is 0 Å². The molecule has 1 heterocycles. The van der Waals surface area contributed by atoms with Crippen LogP contribution in [0.5, 0.6) is 0 Å². The van der Waals surface area contributed by atoms with E-state index in [1.165, 1.54) is 5.56 Å². The third kappa shape index (κ3) is 2.69. The molecule has 3 N–H and O–H groups in total. The minimum Gasteiger partial charge on any atom is -0.392 e. The molecule has 4 heteroatoms. The van der Waals surface area contributed by atoms with E-state index in [2.05, 4.69) is 10.3 Å². The number of halogens is 1. The normalized spacial score (nSPS) is 14.1. The van der Waals surface area contributed by atoms with Crippen LogP contribution in [0.3, 0.4) is 0 Å². The monoisotopic (exact) mass is 266 g/mol. The molecule has 1 atom stereocenters. The van der Waals surface area contributed by atoms with E-state index in [0.717, 1.165) is 15.9 Å². The van der Waals surface area contributed by atoms with E-state index in [4.69, 9.17) is 11.6 Å². The summed E-state index contributed by atoms with van der Waals surface area (Å²) in [6.45, 7) is 6.48. The molecule has 0 aliphatic carbocycles. The zero-order valence-electron chi connectivity index (χ0n) is 10.9. The summed E-state index contributed by atoms with van der Waals surface area (Å²) in [5.74, 6) is 0. The molecule has 1 aromatic heterocycles. The minimum atomic E-state index is -0.405. The Labute approximate surface area is 112 Å². The maximum absolute atomic E-state index is 9.67. The van der Waals surface area contributed by atoms with E-state index >= 15 is 0 Å². The molecule has 2 rings (SSSR count). The maximum atomic E-state index is 9.67. The third-order valence-corrected chi connectivity index (χ3v) is 3.74. The van der Waals surface area contributed by atoms with E-state index in [0.29, 0.717) is 6.54 Å². The molecule has 0 radical (unpaired) electrons. The molecular weight excluding hydrogens is 248 g/mol. The van der Waals surface area contributed by atoms with Crippen LogP contribution < -0.4 is 5.32 Å². The van der Waals surface area contributed by atoms with Crippen LogP contribution >= 0.6 is 11.6 Å². The predicted octanol–water partition coefficient (Wildman–Crippen LogP) is 3.07. The summed E-state index contributed by atoms with van der Waals surface area (Å²) in [6, 6.07) is 5.82. The number of aromatic nitrogens is 1. The first-order valence-corrected chi connectivity index (χ1v) is 6.46. The summed E-state index contributed by atoms with van der Waals surface area (Å²) >= 11 is 5.95. The number of nitrogens with one attached hydrogen (secondary N) is 2. The van der Waals surface area contributed by atoms with Gasteiger partial charge in [-0.25, -0.2) is 0 Å². The summed E-state index contributed by atoms with van der Waals surface area (Å²) < 4.78 is 0. The van der Waals surface area contributed by atoms with Gasteiger partial charge in [-0.3, -0.25) is 0 Å². The molecule has 0 amide bonds. The smallest absolute Gasteiger partial charge is 0.0688 e. The average Bonchev–Trinajstić information content (AvgIpc) is 2.68. The van der Waals surface area contributed by atoms with Crippen LogP contribution in [0.1, 0.15) is 26.3 Å². The highest BCUT2D eigenvalue weighted by Gasteiger charge is 2.23. The Balaban J connectivity index is 2.18. The van der Waals surface area contributed by atoms with E-state index in [9.17, 15) is 5.11 Å². The van der Waals surface area contributed by atoms with Gasteiger partial charge in [-0.1, -0.05) is 17.7 Å². The number of aliphatic hydroxyl groups is 1. The zero-order chi connectivity index (χ0) is 13.3. The third-order valence-electron chi connectivity index (χ3n) is 3.51. The second-order valence-electron chi connectivity index (χ2n) is 5.26. The molecule has 0 fully saturated rings. The van der Waals surface area contributed by atoms with Gasteiger partial charge in [-0.05, 0) is 38.5 Å². The zero-order valence-corrected chi connectivity index (χ0v) is 11.7. The van der Waals surface area contributed by atoms with Crippen molar-refractivity contribution in [1.29, 1.82) is 0 Å². The lowest BCUT2D eigenvalue weighted by Crippen LogP contribution is -2.47. The molecule has 0 spiro atoms. The summed E-state index contributed by atoms with van der Waals surface area (Å²) in [4.78, 5) is 3.21. The fraction of sp³-hybridized carbons (Fsp3) is 0.429. The van der Waals surface area contributed by atoms with Gasteiger partial charge in [0, 0.05) is 34.2 Å². The molecule has 1 unspecified atom stereocenters. The van der Waals surface area contributed by atoms with Crippen molar-refractivity contribution in [3.8, 4) is 0 Å². The van der Waals surface area contributed by atoms with E-state index in [1.807, 2.05) is 38.2 Å². The van der Waals surface area contributed by atoms with Crippen molar-refractivity contribution in [2.45, 2.75) is 39.0 Å². The largest absolute Gasteiger partial charge is 0.392 e. The van der Waals surface area contributed by atoms with E-state index in [-0.39, 0.29) is 5.54 Å². The molecule has 0 aliphatic heterocycles. The lowest BCUT2D eigenvalue weighted by atomic mass is 9.98. The number of hydrogen-bond acceptors (Lipinski definition) is 2. The van der Waals surface area contributed by atoms with Crippen LogP contribution in [-0.4, -0.2) is 21.7 Å². The number of H-pyrrole nitrogens is 1. The van der Waals surface area contributed by atoms with Gasteiger partial charge in [-0.15, -0.1) is 0 Å². The van der Waals surface area contributed by atoms with Crippen LogP contribution in [0, 0.1) is 0 Å². The number of benzene rings is 1. The van der Waals surface area contributed by atoms with Crippen molar-refractivity contribution < 1.29 is 5.11 Å². The van der Waals surface area contributed by atoms with Gasteiger partial charge in [-0.2, -0.15) is 0 Å². The topological polar surface area (TPSA) is 48.0 Å². The van der Waals surface area contributed by atoms with E-state index < -0.39 is 6.10 Å². The van der Waals surface area contributed by atoms with Crippen molar-refractivity contribution in [3.63, 3.8) is 0 Å². The molecule has 0 aliphatic rings. The SMILES string of the molecule is CC(O)C(C)(C)NCc1c[nH]c2cc(Cl)ccc12. The fourth-order valence-corrected chi connectivity index (χ4v) is 1.95. The molecule has 0 bridgehead atoms. The number of rotatable bonds is 4. The Morgan fingerprint density at radius 1 is 1.44 bits per heavy atom. The molecule has 18 heavy (non-hydrogen) atoms. The van der Waals surface area contributed by atoms with Crippen molar-refractivity contribution in [2.75, 3.05) is 0 Å². The minimum absolute atomic E-state index is 0.310. The van der Waals surface area contributed by atoms with Gasteiger partial charge in [0.05, 0.1) is 6.10 Å². The number of aromatic amines is 1. The van der Waals surface area contributed by atoms with Crippen molar-refractivity contribution in [1.82, 2.24) is 10.3 Å². The lowest BCUT2D eigenvalue weighted by Gasteiger charge is -2.29. The highest BCUT2D eigenvalue weighted by Crippen LogP contribution is 2.22. The first-order valence-electron chi connectivity index (χ1n) is 6.09.